The van der Waals surface area contributed by atoms with Gasteiger partial charge in [-0.3, -0.25) is 9.59 Å². The molecule has 5 nitrogen and oxygen atoms in total. The van der Waals surface area contributed by atoms with Gasteiger partial charge in [0.1, 0.15) is 5.75 Å². The lowest BCUT2D eigenvalue weighted by molar-refractivity contribution is -0.117. The molecule has 0 aliphatic heterocycles. The molecule has 0 radical (unpaired) electrons. The lowest BCUT2D eigenvalue weighted by atomic mass is 10.0. The van der Waals surface area contributed by atoms with E-state index in [2.05, 4.69) is 19.2 Å². The zero-order valence-corrected chi connectivity index (χ0v) is 15.8. The van der Waals surface area contributed by atoms with E-state index in [9.17, 15) is 9.59 Å². The Bertz CT molecular complexity index is 737. The molecular formula is C21H26N2O3. The van der Waals surface area contributed by atoms with Gasteiger partial charge in [0.05, 0.1) is 7.11 Å². The number of hydrogen-bond acceptors (Lipinski definition) is 3. The highest BCUT2D eigenvalue weighted by Gasteiger charge is 2.14. The van der Waals surface area contributed by atoms with Crippen molar-refractivity contribution in [3.05, 3.63) is 54.1 Å². The first-order chi connectivity index (χ1) is 12.4. The third-order valence-corrected chi connectivity index (χ3v) is 4.19. The van der Waals surface area contributed by atoms with Crippen molar-refractivity contribution in [2.75, 3.05) is 23.9 Å². The van der Waals surface area contributed by atoms with Gasteiger partial charge in [0.15, 0.2) is 0 Å². The van der Waals surface area contributed by atoms with Crippen LogP contribution in [0.5, 0.6) is 5.75 Å². The molecule has 2 amide bonds. The van der Waals surface area contributed by atoms with E-state index in [4.69, 9.17) is 4.74 Å². The topological polar surface area (TPSA) is 58.6 Å². The monoisotopic (exact) mass is 354 g/mol. The smallest absolute Gasteiger partial charge is 0.226 e. The maximum Gasteiger partial charge on any atom is 0.226 e. The minimum absolute atomic E-state index is 0.107. The minimum Gasteiger partial charge on any atom is -0.497 e. The number of carbonyl (C=O) groups excluding carboxylic acids is 2. The fraction of sp³-hybridized carbons (Fsp3) is 0.333. The van der Waals surface area contributed by atoms with Gasteiger partial charge in [-0.1, -0.05) is 26.0 Å². The van der Waals surface area contributed by atoms with Crippen LogP contribution in [0.4, 0.5) is 11.4 Å². The predicted octanol–water partition coefficient (Wildman–Crippen LogP) is 4.20. The molecule has 0 heterocycles. The number of methoxy groups -OCH3 is 1. The molecule has 0 saturated heterocycles. The standard InChI is InChI=1S/C21H26N2O3/c1-15(2)17-5-7-18(8-6-17)22-21(25)13-14-23(16(3)24)19-9-11-20(26-4)12-10-19/h5-12,15H,13-14H2,1-4H3,(H,22,25). The summed E-state index contributed by atoms with van der Waals surface area (Å²) in [6, 6.07) is 15.0. The minimum atomic E-state index is -0.123. The molecule has 26 heavy (non-hydrogen) atoms. The van der Waals surface area contributed by atoms with Gasteiger partial charge in [-0.05, 0) is 47.9 Å². The van der Waals surface area contributed by atoms with Gasteiger partial charge in [-0.2, -0.15) is 0 Å². The van der Waals surface area contributed by atoms with Crippen LogP contribution in [0.25, 0.3) is 0 Å². The van der Waals surface area contributed by atoms with Crippen molar-refractivity contribution in [3.63, 3.8) is 0 Å². The Kier molecular flexibility index (Phi) is 6.78. The highest BCUT2D eigenvalue weighted by Crippen LogP contribution is 2.20. The molecule has 0 fully saturated rings. The van der Waals surface area contributed by atoms with Crippen LogP contribution in [0.2, 0.25) is 0 Å². The molecule has 5 heteroatoms. The number of nitrogens with one attached hydrogen (secondary N) is 1. The quantitative estimate of drug-likeness (QED) is 0.811. The maximum atomic E-state index is 12.2. The number of amides is 2. The van der Waals surface area contributed by atoms with E-state index in [1.165, 1.54) is 12.5 Å². The highest BCUT2D eigenvalue weighted by molar-refractivity contribution is 5.94. The average Bonchev–Trinajstić information content (AvgIpc) is 2.62. The predicted molar refractivity (Wildman–Crippen MR) is 105 cm³/mol. The summed E-state index contributed by atoms with van der Waals surface area (Å²) in [6.45, 7) is 6.07. The van der Waals surface area contributed by atoms with Gasteiger partial charge < -0.3 is 15.0 Å². The molecule has 0 bridgehead atoms. The molecule has 0 unspecified atom stereocenters. The third-order valence-electron chi connectivity index (χ3n) is 4.19. The van der Waals surface area contributed by atoms with E-state index in [1.807, 2.05) is 36.4 Å². The second kappa shape index (κ2) is 9.04. The molecular weight excluding hydrogens is 328 g/mol. The number of ether oxygens (including phenoxy) is 1. The van der Waals surface area contributed by atoms with E-state index in [1.54, 1.807) is 24.1 Å². The summed E-state index contributed by atoms with van der Waals surface area (Å²) in [5.74, 6) is 0.944. The zero-order chi connectivity index (χ0) is 19.1. The van der Waals surface area contributed by atoms with Crippen molar-refractivity contribution < 1.29 is 14.3 Å². The molecule has 0 aliphatic rings. The number of anilines is 2. The summed E-state index contributed by atoms with van der Waals surface area (Å²) in [7, 11) is 1.59. The summed E-state index contributed by atoms with van der Waals surface area (Å²) in [4.78, 5) is 25.7. The first-order valence-electron chi connectivity index (χ1n) is 8.72. The molecule has 1 N–H and O–H groups in total. The number of nitrogens with zero attached hydrogens (tertiary/aromatic N) is 1. The van der Waals surface area contributed by atoms with E-state index in [0.717, 1.165) is 17.1 Å². The van der Waals surface area contributed by atoms with Crippen LogP contribution in [0, 0.1) is 0 Å². The molecule has 2 aromatic carbocycles. The van der Waals surface area contributed by atoms with Gasteiger partial charge in [0, 0.05) is 31.3 Å². The first kappa shape index (κ1) is 19.5. The first-order valence-corrected chi connectivity index (χ1v) is 8.72. The van der Waals surface area contributed by atoms with Crippen molar-refractivity contribution in [1.82, 2.24) is 0 Å². The Morgan fingerprint density at radius 3 is 2.15 bits per heavy atom. The lowest BCUT2D eigenvalue weighted by Crippen LogP contribution is -2.31. The second-order valence-electron chi connectivity index (χ2n) is 6.44. The van der Waals surface area contributed by atoms with Crippen LogP contribution in [0.3, 0.4) is 0 Å². The zero-order valence-electron chi connectivity index (χ0n) is 15.8. The van der Waals surface area contributed by atoms with E-state index >= 15 is 0 Å². The Morgan fingerprint density at radius 2 is 1.65 bits per heavy atom. The van der Waals surface area contributed by atoms with Crippen molar-refractivity contribution in [2.24, 2.45) is 0 Å². The number of rotatable bonds is 7. The molecule has 2 rings (SSSR count). The number of carbonyl (C=O) groups is 2. The number of hydrogen-bond donors (Lipinski definition) is 1. The van der Waals surface area contributed by atoms with Gasteiger partial charge in [0.2, 0.25) is 11.8 Å². The summed E-state index contributed by atoms with van der Waals surface area (Å²) in [5.41, 5.74) is 2.73. The molecule has 2 aromatic rings. The van der Waals surface area contributed by atoms with Gasteiger partial charge >= 0.3 is 0 Å². The lowest BCUT2D eigenvalue weighted by Gasteiger charge is -2.21. The summed E-state index contributed by atoms with van der Waals surface area (Å²) in [5, 5.41) is 2.88. The summed E-state index contributed by atoms with van der Waals surface area (Å²) in [6.07, 6.45) is 0.220. The fourth-order valence-corrected chi connectivity index (χ4v) is 2.62. The van der Waals surface area contributed by atoms with Crippen LogP contribution < -0.4 is 15.0 Å². The van der Waals surface area contributed by atoms with Crippen molar-refractivity contribution in [2.45, 2.75) is 33.1 Å². The van der Waals surface area contributed by atoms with Crippen LogP contribution in [0.1, 0.15) is 38.7 Å². The molecule has 138 valence electrons. The Morgan fingerprint density at radius 1 is 1.04 bits per heavy atom. The molecule has 0 aliphatic carbocycles. The van der Waals surface area contributed by atoms with Crippen molar-refractivity contribution in [1.29, 1.82) is 0 Å². The summed E-state index contributed by atoms with van der Waals surface area (Å²) >= 11 is 0. The average molecular weight is 354 g/mol. The maximum absolute atomic E-state index is 12.2. The van der Waals surface area contributed by atoms with E-state index in [0.29, 0.717) is 12.5 Å². The summed E-state index contributed by atoms with van der Waals surface area (Å²) < 4.78 is 5.13. The molecule has 0 atom stereocenters. The fourth-order valence-electron chi connectivity index (χ4n) is 2.62. The highest BCUT2D eigenvalue weighted by atomic mass is 16.5. The van der Waals surface area contributed by atoms with Gasteiger partial charge in [-0.15, -0.1) is 0 Å². The second-order valence-corrected chi connectivity index (χ2v) is 6.44. The van der Waals surface area contributed by atoms with E-state index < -0.39 is 0 Å². The Labute approximate surface area is 155 Å². The van der Waals surface area contributed by atoms with Crippen LogP contribution in [-0.4, -0.2) is 25.5 Å². The molecule has 0 spiro atoms. The Hall–Kier alpha value is -2.82. The Balaban J connectivity index is 1.95. The van der Waals surface area contributed by atoms with Crippen LogP contribution in [-0.2, 0) is 9.59 Å². The SMILES string of the molecule is COc1ccc(N(CCC(=O)Nc2ccc(C(C)C)cc2)C(C)=O)cc1. The largest absolute Gasteiger partial charge is 0.497 e. The van der Waals surface area contributed by atoms with E-state index in [-0.39, 0.29) is 18.2 Å². The van der Waals surface area contributed by atoms with Crippen molar-refractivity contribution in [3.8, 4) is 5.75 Å². The van der Waals surface area contributed by atoms with Crippen LogP contribution >= 0.6 is 0 Å². The molecule has 0 saturated carbocycles. The number of benzene rings is 2. The van der Waals surface area contributed by atoms with Crippen LogP contribution in [0.15, 0.2) is 48.5 Å². The third kappa shape index (κ3) is 5.34. The normalized spacial score (nSPS) is 10.5. The molecule has 0 aromatic heterocycles. The van der Waals surface area contributed by atoms with Crippen molar-refractivity contribution >= 4 is 23.2 Å². The van der Waals surface area contributed by atoms with Gasteiger partial charge in [0.25, 0.3) is 0 Å². The van der Waals surface area contributed by atoms with Gasteiger partial charge in [-0.25, -0.2) is 0 Å².